The first-order valence-electron chi connectivity index (χ1n) is 9.37. The molecule has 2 amide bonds. The second kappa shape index (κ2) is 8.59. The zero-order chi connectivity index (χ0) is 23.0. The highest BCUT2D eigenvalue weighted by Gasteiger charge is 2.59. The molecule has 13 heteroatoms. The average Bonchev–Trinajstić information content (AvgIpc) is 3.20. The minimum absolute atomic E-state index is 0.123. The number of aryl methyl sites for hydroxylation is 1. The molecule has 32 heavy (non-hydrogen) atoms. The van der Waals surface area contributed by atoms with Crippen LogP contribution in [0.15, 0.2) is 40.6 Å². The zero-order valence-corrected chi connectivity index (χ0v) is 18.7. The van der Waals surface area contributed by atoms with Crippen LogP contribution in [-0.4, -0.2) is 63.9 Å². The van der Waals surface area contributed by atoms with Crippen molar-refractivity contribution in [1.29, 1.82) is 0 Å². The van der Waals surface area contributed by atoms with E-state index >= 15 is 0 Å². The number of thioether (sulfide) groups is 1. The Hall–Kier alpha value is -3.45. The van der Waals surface area contributed by atoms with Crippen LogP contribution >= 0.6 is 23.1 Å². The van der Waals surface area contributed by atoms with Crippen molar-refractivity contribution >= 4 is 63.1 Å². The number of aromatic nitrogens is 2. The summed E-state index contributed by atoms with van der Waals surface area (Å²) in [5.41, 5.74) is 6.42. The van der Waals surface area contributed by atoms with Crippen molar-refractivity contribution in [3.63, 3.8) is 0 Å². The molecular formula is C19H19N6O5S2+. The number of hydrogen-bond acceptors (Lipinski definition) is 9. The van der Waals surface area contributed by atoms with E-state index < -0.39 is 29.9 Å². The van der Waals surface area contributed by atoms with Gasteiger partial charge in [-0.15, -0.1) is 11.3 Å². The van der Waals surface area contributed by atoms with E-state index in [1.165, 1.54) is 28.7 Å². The predicted octanol–water partition coefficient (Wildman–Crippen LogP) is 0.524. The van der Waals surface area contributed by atoms with Crippen LogP contribution in [0.25, 0.3) is 5.03 Å². The van der Waals surface area contributed by atoms with Crippen LogP contribution in [-0.2, 0) is 19.2 Å². The van der Waals surface area contributed by atoms with Crippen molar-refractivity contribution < 1.29 is 28.9 Å². The Bertz CT molecular complexity index is 1160. The second-order valence-electron chi connectivity index (χ2n) is 6.87. The van der Waals surface area contributed by atoms with Crippen LogP contribution in [0, 0.1) is 6.92 Å². The van der Waals surface area contributed by atoms with Crippen molar-refractivity contribution in [3.05, 3.63) is 41.2 Å². The first kappa shape index (κ1) is 21.8. The number of carboxylic acid groups (broad SMARTS) is 1. The molecule has 1 saturated heterocycles. The molecule has 2 atom stereocenters. The van der Waals surface area contributed by atoms with Gasteiger partial charge in [0.2, 0.25) is 5.70 Å². The molecule has 2 unspecified atom stereocenters. The number of nitrogens with zero attached hydrogens (tertiary/aromatic N) is 5. The maximum atomic E-state index is 13.3. The third kappa shape index (κ3) is 3.58. The number of fused-ring (bicyclic) bond motifs is 1. The predicted molar refractivity (Wildman–Crippen MR) is 119 cm³/mol. The maximum absolute atomic E-state index is 13.3. The molecule has 0 aliphatic carbocycles. The Morgan fingerprint density at radius 1 is 1.47 bits per heavy atom. The fourth-order valence-electron chi connectivity index (χ4n) is 3.67. The number of anilines is 2. The molecule has 1 fully saturated rings. The molecule has 0 aromatic carbocycles. The number of pyridine rings is 1. The monoisotopic (exact) mass is 475 g/mol. The van der Waals surface area contributed by atoms with Gasteiger partial charge in [-0.3, -0.25) is 19.4 Å². The number of β-lactam (4-membered cyclic amide) rings is 1. The topological polar surface area (TPSA) is 142 Å². The Kier molecular flexibility index (Phi) is 5.84. The average molecular weight is 476 g/mol. The van der Waals surface area contributed by atoms with Crippen LogP contribution < -0.4 is 15.2 Å². The number of nitrogen functional groups attached to an aromatic ring is 1. The molecule has 4 heterocycles. The lowest BCUT2D eigenvalue weighted by Gasteiger charge is -2.51. The van der Waals surface area contributed by atoms with Crippen LogP contribution in [0.5, 0.6) is 0 Å². The quantitative estimate of drug-likeness (QED) is 0.267. The number of carboxylic acids is 1. The number of rotatable bonds is 6. The molecule has 0 bridgehead atoms. The van der Waals surface area contributed by atoms with Gasteiger partial charge in [0.15, 0.2) is 17.0 Å². The standard InChI is InChI=1S/C19H18N6O5S2/c1-10-5-3-4-6-23(10)17-15(18(28)29)24-11(8-31-17)14(16(24)27)25(13(26)7-21-30-2)12-9-32-19(20)22-12/h3-7,9,11,14H,8H2,1-2H3,(H2-,20,22,28,29)/p+1. The lowest BCUT2D eigenvalue weighted by atomic mass is 9.93. The molecule has 166 valence electrons. The summed E-state index contributed by atoms with van der Waals surface area (Å²) >= 11 is 2.43. The number of oxime groups is 1. The molecule has 2 aromatic rings. The molecule has 11 nitrogen and oxygen atoms in total. The summed E-state index contributed by atoms with van der Waals surface area (Å²) < 4.78 is 1.74. The summed E-state index contributed by atoms with van der Waals surface area (Å²) in [5.74, 6) is -1.79. The largest absolute Gasteiger partial charge is 0.476 e. The minimum Gasteiger partial charge on any atom is -0.476 e. The third-order valence-corrected chi connectivity index (χ3v) is 6.88. The van der Waals surface area contributed by atoms with Crippen LogP contribution in [0.3, 0.4) is 0 Å². The number of carbonyl (C=O) groups excluding carboxylic acids is 2. The van der Waals surface area contributed by atoms with E-state index in [4.69, 9.17) is 5.73 Å². The number of carbonyl (C=O) groups is 3. The van der Waals surface area contributed by atoms with E-state index in [1.54, 1.807) is 22.2 Å². The molecule has 0 saturated carbocycles. The summed E-state index contributed by atoms with van der Waals surface area (Å²) in [7, 11) is 1.29. The van der Waals surface area contributed by atoms with Gasteiger partial charge >= 0.3 is 5.97 Å². The molecule has 2 aliphatic rings. The molecule has 2 aromatic heterocycles. The van der Waals surface area contributed by atoms with Crippen molar-refractivity contribution in [1.82, 2.24) is 9.88 Å². The van der Waals surface area contributed by atoms with Crippen LogP contribution in [0.1, 0.15) is 5.69 Å². The Labute approximate surface area is 190 Å². The lowest BCUT2D eigenvalue weighted by Crippen LogP contribution is -2.74. The van der Waals surface area contributed by atoms with Gasteiger partial charge in [0.05, 0.1) is 6.04 Å². The fraction of sp³-hybridized carbons (Fsp3) is 0.263. The molecule has 0 spiro atoms. The smallest absolute Gasteiger partial charge is 0.360 e. The number of aliphatic carboxylic acids is 1. The van der Waals surface area contributed by atoms with Crippen molar-refractivity contribution in [3.8, 4) is 0 Å². The first-order valence-corrected chi connectivity index (χ1v) is 11.2. The van der Waals surface area contributed by atoms with Crippen LogP contribution in [0.4, 0.5) is 10.9 Å². The Balaban J connectivity index is 1.74. The Morgan fingerprint density at radius 2 is 2.25 bits per heavy atom. The van der Waals surface area contributed by atoms with Gasteiger partial charge in [-0.1, -0.05) is 23.0 Å². The maximum Gasteiger partial charge on any atom is 0.360 e. The third-order valence-electron chi connectivity index (χ3n) is 5.05. The van der Waals surface area contributed by atoms with E-state index in [0.29, 0.717) is 10.8 Å². The highest BCUT2D eigenvalue weighted by Crippen LogP contribution is 2.42. The molecular weight excluding hydrogens is 456 g/mol. The molecule has 3 N–H and O–H groups in total. The normalized spacial score (nSPS) is 20.2. The minimum atomic E-state index is -1.23. The molecule has 0 radical (unpaired) electrons. The van der Waals surface area contributed by atoms with E-state index in [-0.39, 0.29) is 16.6 Å². The summed E-state index contributed by atoms with van der Waals surface area (Å²) in [4.78, 5) is 49.4. The van der Waals surface area contributed by atoms with E-state index in [0.717, 1.165) is 23.2 Å². The number of amides is 2. The van der Waals surface area contributed by atoms with Gasteiger partial charge in [-0.05, 0) is 0 Å². The summed E-state index contributed by atoms with van der Waals surface area (Å²) in [6.07, 6.45) is 2.68. The highest BCUT2D eigenvalue weighted by molar-refractivity contribution is 8.07. The van der Waals surface area contributed by atoms with Crippen molar-refractivity contribution in [2.24, 2.45) is 5.16 Å². The van der Waals surface area contributed by atoms with E-state index in [2.05, 4.69) is 15.0 Å². The highest BCUT2D eigenvalue weighted by atomic mass is 32.2. The van der Waals surface area contributed by atoms with Crippen molar-refractivity contribution in [2.75, 3.05) is 23.5 Å². The second-order valence-corrected chi connectivity index (χ2v) is 8.77. The van der Waals surface area contributed by atoms with Gasteiger partial charge in [0.25, 0.3) is 16.8 Å². The van der Waals surface area contributed by atoms with Gasteiger partial charge in [0.1, 0.15) is 25.2 Å². The van der Waals surface area contributed by atoms with Gasteiger partial charge in [0, 0.05) is 30.2 Å². The van der Waals surface area contributed by atoms with Gasteiger partial charge in [-0.25, -0.2) is 9.78 Å². The Morgan fingerprint density at radius 3 is 2.88 bits per heavy atom. The summed E-state index contributed by atoms with van der Waals surface area (Å²) in [5, 5.41) is 15.7. The summed E-state index contributed by atoms with van der Waals surface area (Å²) in [6.45, 7) is 1.85. The van der Waals surface area contributed by atoms with Gasteiger partial charge < -0.3 is 15.7 Å². The summed E-state index contributed by atoms with van der Waals surface area (Å²) in [6, 6.07) is 3.97. The van der Waals surface area contributed by atoms with Crippen molar-refractivity contribution in [2.45, 2.75) is 19.0 Å². The SMILES string of the molecule is CON=CC(=O)N(c1csc(N)n1)C1C(=O)N2C(C(=O)O)=C([n+]3ccccc3C)SCC12. The number of thiazole rings is 1. The lowest BCUT2D eigenvalue weighted by molar-refractivity contribution is -0.581. The van der Waals surface area contributed by atoms with E-state index in [1.807, 2.05) is 19.1 Å². The zero-order valence-electron chi connectivity index (χ0n) is 17.0. The first-order chi connectivity index (χ1) is 15.3. The van der Waals surface area contributed by atoms with E-state index in [9.17, 15) is 19.5 Å². The molecule has 2 aliphatic heterocycles. The fourth-order valence-corrected chi connectivity index (χ4v) is 5.53. The molecule has 4 rings (SSSR count). The number of hydrogen-bond donors (Lipinski definition) is 2. The van der Waals surface area contributed by atoms with Crippen LogP contribution in [0.2, 0.25) is 0 Å². The van der Waals surface area contributed by atoms with Gasteiger partial charge in [-0.2, -0.15) is 4.57 Å². The number of nitrogens with two attached hydrogens (primary N) is 1.